The molecule has 1 N–H and O–H groups in total. The van der Waals surface area contributed by atoms with Gasteiger partial charge in [-0.3, -0.25) is 10.1 Å². The zero-order valence-electron chi connectivity index (χ0n) is 15.5. The predicted molar refractivity (Wildman–Crippen MR) is 96.8 cm³/mol. The van der Waals surface area contributed by atoms with Crippen LogP contribution in [0.4, 0.5) is 15.1 Å². The minimum absolute atomic E-state index is 0.0478. The maximum atomic E-state index is 15.0. The Morgan fingerprint density at radius 2 is 2.00 bits per heavy atom. The summed E-state index contributed by atoms with van der Waals surface area (Å²) in [6.07, 6.45) is -0.751. The van der Waals surface area contributed by atoms with E-state index in [1.165, 1.54) is 11.0 Å². The van der Waals surface area contributed by atoms with Crippen molar-refractivity contribution < 1.29 is 23.2 Å². The molecular weight excluding hydrogens is 353 g/mol. The number of rotatable bonds is 3. The molecule has 0 spiro atoms. The molecule has 27 heavy (non-hydrogen) atoms. The van der Waals surface area contributed by atoms with E-state index in [0.29, 0.717) is 5.69 Å². The summed E-state index contributed by atoms with van der Waals surface area (Å²) in [4.78, 5) is 25.6. The molecule has 1 aromatic heterocycles. The number of likely N-dealkylation sites (tertiary alicyclic amines) is 1. The van der Waals surface area contributed by atoms with Gasteiger partial charge in [0.05, 0.1) is 6.54 Å². The van der Waals surface area contributed by atoms with E-state index in [4.69, 9.17) is 9.26 Å². The molecule has 1 saturated heterocycles. The second-order valence-electron chi connectivity index (χ2n) is 7.51. The lowest BCUT2D eigenvalue weighted by atomic mass is 10.1. The summed E-state index contributed by atoms with van der Waals surface area (Å²) in [6, 6.07) is 10.8. The summed E-state index contributed by atoms with van der Waals surface area (Å²) in [5.74, 6) is -0.823. The van der Waals surface area contributed by atoms with E-state index >= 15 is 4.39 Å². The van der Waals surface area contributed by atoms with Crippen molar-refractivity contribution in [1.82, 2.24) is 10.1 Å². The Kier molecular flexibility index (Phi) is 4.91. The highest BCUT2D eigenvalue weighted by molar-refractivity contribution is 5.97. The second-order valence-corrected chi connectivity index (χ2v) is 7.51. The molecule has 0 aliphatic carbocycles. The SMILES string of the molecule is CC(C)(C)OC(=O)N1CCC(F)(C(=O)Nc2cc(-c3ccccc3)no2)C1. The third-order valence-electron chi connectivity index (χ3n) is 4.09. The average molecular weight is 375 g/mol. The summed E-state index contributed by atoms with van der Waals surface area (Å²) in [7, 11) is 0. The van der Waals surface area contributed by atoms with Crippen molar-refractivity contribution >= 4 is 17.9 Å². The van der Waals surface area contributed by atoms with Crippen LogP contribution >= 0.6 is 0 Å². The summed E-state index contributed by atoms with van der Waals surface area (Å²) in [5, 5.41) is 6.28. The van der Waals surface area contributed by atoms with Crippen LogP contribution in [0.1, 0.15) is 27.2 Å². The minimum atomic E-state index is -2.21. The molecule has 2 amide bonds. The first-order valence-electron chi connectivity index (χ1n) is 8.67. The number of hydrogen-bond donors (Lipinski definition) is 1. The molecule has 0 saturated carbocycles. The maximum absolute atomic E-state index is 15.0. The van der Waals surface area contributed by atoms with E-state index in [-0.39, 0.29) is 25.4 Å². The minimum Gasteiger partial charge on any atom is -0.444 e. The fourth-order valence-corrected chi connectivity index (χ4v) is 2.74. The van der Waals surface area contributed by atoms with Gasteiger partial charge in [-0.25, -0.2) is 9.18 Å². The quantitative estimate of drug-likeness (QED) is 0.886. The van der Waals surface area contributed by atoms with Crippen molar-refractivity contribution in [3.05, 3.63) is 36.4 Å². The van der Waals surface area contributed by atoms with Gasteiger partial charge in [-0.05, 0) is 20.8 Å². The van der Waals surface area contributed by atoms with Crippen molar-refractivity contribution in [1.29, 1.82) is 0 Å². The highest BCUT2D eigenvalue weighted by Gasteiger charge is 2.47. The molecule has 3 rings (SSSR count). The van der Waals surface area contributed by atoms with Crippen LogP contribution in [-0.2, 0) is 9.53 Å². The molecule has 1 fully saturated rings. The highest BCUT2D eigenvalue weighted by Crippen LogP contribution is 2.29. The zero-order valence-corrected chi connectivity index (χ0v) is 15.5. The fraction of sp³-hybridized carbons (Fsp3) is 0.421. The van der Waals surface area contributed by atoms with Crippen LogP contribution in [0.3, 0.4) is 0 Å². The Morgan fingerprint density at radius 3 is 2.67 bits per heavy atom. The number of carbonyl (C=O) groups is 2. The van der Waals surface area contributed by atoms with Crippen LogP contribution in [0.5, 0.6) is 0 Å². The monoisotopic (exact) mass is 375 g/mol. The smallest absolute Gasteiger partial charge is 0.410 e. The van der Waals surface area contributed by atoms with Gasteiger partial charge in [0.25, 0.3) is 5.91 Å². The van der Waals surface area contributed by atoms with Crippen LogP contribution in [0.25, 0.3) is 11.3 Å². The van der Waals surface area contributed by atoms with Gasteiger partial charge in [0.15, 0.2) is 0 Å². The molecule has 7 nitrogen and oxygen atoms in total. The topological polar surface area (TPSA) is 84.7 Å². The van der Waals surface area contributed by atoms with Gasteiger partial charge in [-0.15, -0.1) is 0 Å². The number of hydrogen-bond acceptors (Lipinski definition) is 5. The average Bonchev–Trinajstić information content (AvgIpc) is 3.22. The van der Waals surface area contributed by atoms with Gasteiger partial charge in [-0.1, -0.05) is 35.5 Å². The fourth-order valence-electron chi connectivity index (χ4n) is 2.74. The van der Waals surface area contributed by atoms with Gasteiger partial charge in [0.1, 0.15) is 11.3 Å². The lowest BCUT2D eigenvalue weighted by Gasteiger charge is -2.25. The normalized spacial score (nSPS) is 19.8. The lowest BCUT2D eigenvalue weighted by molar-refractivity contribution is -0.126. The molecule has 1 aliphatic rings. The Balaban J connectivity index is 1.63. The van der Waals surface area contributed by atoms with Gasteiger partial charge < -0.3 is 14.2 Å². The van der Waals surface area contributed by atoms with Crippen molar-refractivity contribution in [2.45, 2.75) is 38.5 Å². The highest BCUT2D eigenvalue weighted by atomic mass is 19.1. The number of ether oxygens (including phenoxy) is 1. The van der Waals surface area contributed by atoms with E-state index in [1.807, 2.05) is 30.3 Å². The molecule has 2 aromatic rings. The van der Waals surface area contributed by atoms with Crippen LogP contribution < -0.4 is 5.32 Å². The first-order chi connectivity index (χ1) is 12.7. The third-order valence-corrected chi connectivity index (χ3v) is 4.09. The van der Waals surface area contributed by atoms with Crippen LogP contribution in [-0.4, -0.2) is 46.4 Å². The van der Waals surface area contributed by atoms with E-state index in [1.54, 1.807) is 20.8 Å². The molecule has 2 heterocycles. The van der Waals surface area contributed by atoms with Gasteiger partial charge >= 0.3 is 6.09 Å². The Bertz CT molecular complexity index is 831. The second kappa shape index (κ2) is 7.02. The van der Waals surface area contributed by atoms with Crippen LogP contribution in [0, 0.1) is 0 Å². The first-order valence-corrected chi connectivity index (χ1v) is 8.67. The summed E-state index contributed by atoms with van der Waals surface area (Å²) >= 11 is 0. The Hall–Kier alpha value is -2.90. The molecular formula is C19H22FN3O4. The number of benzene rings is 1. The first kappa shape index (κ1) is 18.9. The molecule has 8 heteroatoms. The standard InChI is InChI=1S/C19H22FN3O4/c1-18(2,3)26-17(25)23-10-9-19(20,12-23)16(24)21-15-11-14(22-27-15)13-7-5-4-6-8-13/h4-8,11H,9-10,12H2,1-3H3,(H,21,24). The molecule has 0 radical (unpaired) electrons. The van der Waals surface area contributed by atoms with Gasteiger partial charge in [-0.2, -0.15) is 0 Å². The number of halogens is 1. The van der Waals surface area contributed by atoms with Crippen LogP contribution in [0.15, 0.2) is 40.9 Å². The van der Waals surface area contributed by atoms with Crippen molar-refractivity contribution in [2.75, 3.05) is 18.4 Å². The van der Waals surface area contributed by atoms with E-state index in [2.05, 4.69) is 10.5 Å². The Labute approximate surface area is 156 Å². The number of aromatic nitrogens is 1. The molecule has 1 aromatic carbocycles. The summed E-state index contributed by atoms with van der Waals surface area (Å²) < 4.78 is 25.3. The van der Waals surface area contributed by atoms with Crippen molar-refractivity contribution in [3.8, 4) is 11.3 Å². The van der Waals surface area contributed by atoms with Crippen molar-refractivity contribution in [3.63, 3.8) is 0 Å². The third kappa shape index (κ3) is 4.45. The van der Waals surface area contributed by atoms with Crippen LogP contribution in [0.2, 0.25) is 0 Å². The predicted octanol–water partition coefficient (Wildman–Crippen LogP) is 3.63. The maximum Gasteiger partial charge on any atom is 0.410 e. The van der Waals surface area contributed by atoms with E-state index in [9.17, 15) is 9.59 Å². The largest absolute Gasteiger partial charge is 0.444 e. The molecule has 144 valence electrons. The van der Waals surface area contributed by atoms with Gasteiger partial charge in [0, 0.05) is 24.6 Å². The number of alkyl halides is 1. The van der Waals surface area contributed by atoms with E-state index < -0.39 is 23.3 Å². The lowest BCUT2D eigenvalue weighted by Crippen LogP contribution is -2.43. The number of nitrogens with zero attached hydrogens (tertiary/aromatic N) is 2. The number of anilines is 1. The number of carbonyl (C=O) groups excluding carboxylic acids is 2. The van der Waals surface area contributed by atoms with E-state index in [0.717, 1.165) is 5.56 Å². The molecule has 1 aliphatic heterocycles. The number of amides is 2. The zero-order chi connectivity index (χ0) is 19.7. The molecule has 1 unspecified atom stereocenters. The summed E-state index contributed by atoms with van der Waals surface area (Å²) in [6.45, 7) is 4.91. The molecule has 1 atom stereocenters. The van der Waals surface area contributed by atoms with Gasteiger partial charge in [0.2, 0.25) is 11.6 Å². The Morgan fingerprint density at radius 1 is 1.30 bits per heavy atom. The van der Waals surface area contributed by atoms with Crippen molar-refractivity contribution in [2.24, 2.45) is 0 Å². The number of nitrogens with one attached hydrogen (secondary N) is 1. The molecule has 0 bridgehead atoms. The summed E-state index contributed by atoms with van der Waals surface area (Å²) in [5.41, 5.74) is -1.56.